The number of hydrogen-bond acceptors (Lipinski definition) is 6. The quantitative estimate of drug-likeness (QED) is 0.348. The van der Waals surface area contributed by atoms with Gasteiger partial charge in [-0.3, -0.25) is 4.99 Å². The minimum atomic E-state index is 0. The predicted molar refractivity (Wildman–Crippen MR) is 119 cm³/mol. The van der Waals surface area contributed by atoms with Crippen LogP contribution in [0.3, 0.4) is 0 Å². The molecule has 1 aliphatic heterocycles. The van der Waals surface area contributed by atoms with Crippen LogP contribution in [-0.4, -0.2) is 67.7 Å². The Kier molecular flexibility index (Phi) is 8.61. The summed E-state index contributed by atoms with van der Waals surface area (Å²) in [5, 5.41) is 3.40. The number of nitrogens with zero attached hydrogens (tertiary/aromatic N) is 5. The maximum absolute atomic E-state index is 5.36. The number of halogens is 2. The number of anilines is 1. The zero-order valence-corrected chi connectivity index (χ0v) is 19.3. The monoisotopic (exact) mass is 550 g/mol. The lowest BCUT2D eigenvalue weighted by Crippen LogP contribution is -2.53. The molecule has 0 bridgehead atoms. The Bertz CT molecular complexity index is 735. The van der Waals surface area contributed by atoms with E-state index in [1.807, 2.05) is 19.2 Å². The van der Waals surface area contributed by atoms with Crippen LogP contribution < -0.4 is 15.0 Å². The molecule has 0 aromatic carbocycles. The molecule has 3 heterocycles. The normalized spacial score (nSPS) is 14.7. The van der Waals surface area contributed by atoms with Crippen LogP contribution in [0.5, 0.6) is 5.88 Å². The smallest absolute Gasteiger partial charge is 0.232 e. The first kappa shape index (κ1) is 21.7. The second-order valence-electron chi connectivity index (χ2n) is 5.80. The summed E-state index contributed by atoms with van der Waals surface area (Å²) in [5.41, 5.74) is 0. The fourth-order valence-electron chi connectivity index (χ4n) is 2.84. The number of furan rings is 1. The summed E-state index contributed by atoms with van der Waals surface area (Å²) in [5.74, 6) is 3.11. The highest BCUT2D eigenvalue weighted by Gasteiger charge is 2.22. The van der Waals surface area contributed by atoms with Gasteiger partial charge in [-0.05, 0) is 28.1 Å². The van der Waals surface area contributed by atoms with Gasteiger partial charge in [-0.1, -0.05) is 0 Å². The van der Waals surface area contributed by atoms with E-state index in [1.165, 1.54) is 0 Å². The first-order valence-electron chi connectivity index (χ1n) is 8.50. The average molecular weight is 551 g/mol. The first-order valence-corrected chi connectivity index (χ1v) is 9.30. The number of aliphatic imine (C=N–C) groups is 1. The molecule has 1 fully saturated rings. The molecule has 10 heteroatoms. The van der Waals surface area contributed by atoms with Crippen molar-refractivity contribution in [1.82, 2.24) is 20.2 Å². The molecule has 8 nitrogen and oxygen atoms in total. The van der Waals surface area contributed by atoms with Crippen molar-refractivity contribution < 1.29 is 9.15 Å². The van der Waals surface area contributed by atoms with Crippen LogP contribution in [0.4, 0.5) is 5.95 Å². The number of hydrogen-bond donors (Lipinski definition) is 1. The lowest BCUT2D eigenvalue weighted by Gasteiger charge is -2.36. The molecular formula is C17H24BrIN6O2. The maximum Gasteiger partial charge on any atom is 0.232 e. The highest BCUT2D eigenvalue weighted by molar-refractivity contribution is 14.0. The van der Waals surface area contributed by atoms with Gasteiger partial charge in [-0.15, -0.1) is 24.0 Å². The molecule has 1 N–H and O–H groups in total. The molecule has 2 aromatic heterocycles. The fourth-order valence-corrected chi connectivity index (χ4v) is 3.19. The average Bonchev–Trinajstić information content (AvgIpc) is 3.19. The Morgan fingerprint density at radius 1 is 1.37 bits per heavy atom. The third kappa shape index (κ3) is 5.71. The summed E-state index contributed by atoms with van der Waals surface area (Å²) in [6.07, 6.45) is 4.25. The van der Waals surface area contributed by atoms with Gasteiger partial charge >= 0.3 is 0 Å². The molecule has 3 rings (SSSR count). The molecule has 0 aliphatic carbocycles. The Labute approximate surface area is 184 Å². The van der Waals surface area contributed by atoms with E-state index in [1.54, 1.807) is 19.6 Å². The number of guanidine groups is 1. The molecule has 2 aromatic rings. The summed E-state index contributed by atoms with van der Waals surface area (Å²) < 4.78 is 11.4. The van der Waals surface area contributed by atoms with E-state index >= 15 is 0 Å². The van der Waals surface area contributed by atoms with Gasteiger partial charge in [0.1, 0.15) is 5.76 Å². The second kappa shape index (κ2) is 10.7. The summed E-state index contributed by atoms with van der Waals surface area (Å²) in [6.45, 7) is 4.13. The summed E-state index contributed by atoms with van der Waals surface area (Å²) in [6, 6.07) is 3.89. The summed E-state index contributed by atoms with van der Waals surface area (Å²) >= 11 is 3.38. The van der Waals surface area contributed by atoms with E-state index in [-0.39, 0.29) is 24.0 Å². The number of methoxy groups -OCH3 is 1. The molecule has 1 saturated heterocycles. The Morgan fingerprint density at radius 2 is 2.15 bits per heavy atom. The third-order valence-corrected chi connectivity index (χ3v) is 4.74. The number of nitrogens with one attached hydrogen (secondary N) is 1. The first-order chi connectivity index (χ1) is 12.7. The van der Waals surface area contributed by atoms with Crippen LogP contribution in [0.1, 0.15) is 5.76 Å². The molecule has 0 saturated carbocycles. The van der Waals surface area contributed by atoms with Gasteiger partial charge in [-0.2, -0.15) is 4.98 Å². The van der Waals surface area contributed by atoms with Crippen molar-refractivity contribution in [1.29, 1.82) is 0 Å². The lowest BCUT2D eigenvalue weighted by atomic mass is 10.3. The van der Waals surface area contributed by atoms with E-state index < -0.39 is 0 Å². The van der Waals surface area contributed by atoms with Crippen molar-refractivity contribution in [3.8, 4) is 5.88 Å². The van der Waals surface area contributed by atoms with E-state index in [4.69, 9.17) is 9.15 Å². The largest absolute Gasteiger partial charge is 0.480 e. The van der Waals surface area contributed by atoms with E-state index in [9.17, 15) is 0 Å². The second-order valence-corrected chi connectivity index (χ2v) is 6.66. The van der Waals surface area contributed by atoms with Crippen molar-refractivity contribution >= 4 is 51.8 Å². The van der Waals surface area contributed by atoms with E-state index in [0.717, 1.165) is 55.3 Å². The van der Waals surface area contributed by atoms with Crippen LogP contribution in [0.25, 0.3) is 0 Å². The van der Waals surface area contributed by atoms with Gasteiger partial charge in [0.15, 0.2) is 5.96 Å². The molecule has 0 amide bonds. The minimum Gasteiger partial charge on any atom is -0.480 e. The molecule has 0 atom stereocenters. The highest BCUT2D eigenvalue weighted by atomic mass is 127. The van der Waals surface area contributed by atoms with Crippen LogP contribution in [0.15, 0.2) is 38.5 Å². The van der Waals surface area contributed by atoms with Crippen LogP contribution in [-0.2, 0) is 6.42 Å². The van der Waals surface area contributed by atoms with Crippen molar-refractivity contribution in [3.05, 3.63) is 34.8 Å². The Hall–Kier alpha value is -1.56. The lowest BCUT2D eigenvalue weighted by molar-refractivity contribution is 0.366. The Balaban J connectivity index is 0.00000261. The van der Waals surface area contributed by atoms with Crippen molar-refractivity contribution in [2.75, 3.05) is 51.8 Å². The van der Waals surface area contributed by atoms with Crippen LogP contribution in [0.2, 0.25) is 0 Å². The van der Waals surface area contributed by atoms with Crippen molar-refractivity contribution in [3.63, 3.8) is 0 Å². The van der Waals surface area contributed by atoms with Crippen molar-refractivity contribution in [2.24, 2.45) is 4.99 Å². The number of aromatic nitrogens is 2. The predicted octanol–water partition coefficient (Wildman–Crippen LogP) is 2.40. The van der Waals surface area contributed by atoms with Gasteiger partial charge in [0.05, 0.1) is 24.0 Å². The fraction of sp³-hybridized carbons (Fsp3) is 0.471. The van der Waals surface area contributed by atoms with Crippen LogP contribution in [0, 0.1) is 0 Å². The topological polar surface area (TPSA) is 79.0 Å². The molecule has 0 spiro atoms. The van der Waals surface area contributed by atoms with Crippen molar-refractivity contribution in [2.45, 2.75) is 6.42 Å². The minimum absolute atomic E-state index is 0. The van der Waals surface area contributed by atoms with Gasteiger partial charge < -0.3 is 24.3 Å². The van der Waals surface area contributed by atoms with Gasteiger partial charge in [-0.25, -0.2) is 4.98 Å². The SMILES string of the molecule is CN=C(NCCc1ccco1)N1CCN(c2ncc(Br)c(OC)n2)CC1.I. The molecule has 0 unspecified atom stereocenters. The van der Waals surface area contributed by atoms with Crippen LogP contribution >= 0.6 is 39.9 Å². The van der Waals surface area contributed by atoms with Gasteiger partial charge in [0.25, 0.3) is 0 Å². The van der Waals surface area contributed by atoms with Gasteiger partial charge in [0, 0.05) is 46.2 Å². The summed E-state index contributed by atoms with van der Waals surface area (Å²) in [4.78, 5) is 17.6. The number of rotatable bonds is 5. The van der Waals surface area contributed by atoms with E-state index in [2.05, 4.69) is 46.0 Å². The zero-order chi connectivity index (χ0) is 18.4. The molecule has 1 aliphatic rings. The number of ether oxygens (including phenoxy) is 1. The molecular weight excluding hydrogens is 527 g/mol. The summed E-state index contributed by atoms with van der Waals surface area (Å²) in [7, 11) is 3.41. The zero-order valence-electron chi connectivity index (χ0n) is 15.4. The number of piperazine rings is 1. The maximum atomic E-state index is 5.36. The highest BCUT2D eigenvalue weighted by Crippen LogP contribution is 2.23. The molecule has 0 radical (unpaired) electrons. The third-order valence-electron chi connectivity index (χ3n) is 4.20. The Morgan fingerprint density at radius 3 is 2.78 bits per heavy atom. The molecule has 148 valence electrons. The standard InChI is InChI=1S/C17H23BrN6O2.HI/c1-19-16(20-6-5-13-4-3-11-26-13)23-7-9-24(10-8-23)17-21-12-14(18)15(22-17)25-2;/h3-4,11-12H,5-10H2,1-2H3,(H,19,20);1H. The van der Waals surface area contributed by atoms with Gasteiger partial charge in [0.2, 0.25) is 11.8 Å². The van der Waals surface area contributed by atoms with E-state index in [0.29, 0.717) is 11.8 Å². The molecule has 27 heavy (non-hydrogen) atoms.